The molecule has 1 nitrogen and oxygen atoms in total. The summed E-state index contributed by atoms with van der Waals surface area (Å²) < 4.78 is 0. The molecule has 0 aliphatic carbocycles. The molecule has 40 valence electrons. The van der Waals surface area contributed by atoms with E-state index in [1.165, 1.54) is 0 Å². The van der Waals surface area contributed by atoms with Crippen LogP contribution in [0.15, 0.2) is 23.4 Å². The quantitative estimate of drug-likeness (QED) is 0.519. The SMILES string of the molecule is C=C(Cl)/C=C(\C)N. The molecule has 0 atom stereocenters. The molecule has 2 heteroatoms. The summed E-state index contributed by atoms with van der Waals surface area (Å²) in [5.41, 5.74) is 5.89. The fourth-order valence-electron chi connectivity index (χ4n) is 0.247. The maximum Gasteiger partial charge on any atom is 0.0351 e. The van der Waals surface area contributed by atoms with Crippen LogP contribution in [0.2, 0.25) is 0 Å². The van der Waals surface area contributed by atoms with Gasteiger partial charge in [-0.3, -0.25) is 0 Å². The number of rotatable bonds is 1. The minimum atomic E-state index is 0.472. The maximum absolute atomic E-state index is 5.32. The van der Waals surface area contributed by atoms with Crippen LogP contribution in [0.5, 0.6) is 0 Å². The van der Waals surface area contributed by atoms with Crippen LogP contribution < -0.4 is 5.73 Å². The third-order valence-electron chi connectivity index (χ3n) is 0.384. The second kappa shape index (κ2) is 2.69. The third-order valence-corrected chi connectivity index (χ3v) is 0.493. The number of nitrogens with two attached hydrogens (primary N) is 1. The molecule has 2 N–H and O–H groups in total. The standard InChI is InChI=1S/C5H8ClN/c1-4(6)3-5(2)7/h3H,1,7H2,2H3/b5-3+. The van der Waals surface area contributed by atoms with Gasteiger partial charge in [-0.1, -0.05) is 18.2 Å². The molecule has 7 heavy (non-hydrogen) atoms. The van der Waals surface area contributed by atoms with Crippen molar-refractivity contribution in [2.75, 3.05) is 0 Å². The molecule has 0 aromatic carbocycles. The number of hydrogen-bond donors (Lipinski definition) is 1. The van der Waals surface area contributed by atoms with Crippen molar-refractivity contribution in [3.8, 4) is 0 Å². The Bertz CT molecular complexity index is 101. The smallest absolute Gasteiger partial charge is 0.0351 e. The summed E-state index contributed by atoms with van der Waals surface area (Å²) in [5.74, 6) is 0. The average molecular weight is 118 g/mol. The summed E-state index contributed by atoms with van der Waals surface area (Å²) in [5, 5.41) is 0.472. The van der Waals surface area contributed by atoms with E-state index in [1.807, 2.05) is 0 Å². The van der Waals surface area contributed by atoms with E-state index >= 15 is 0 Å². The zero-order valence-corrected chi connectivity index (χ0v) is 5.00. The van der Waals surface area contributed by atoms with Gasteiger partial charge < -0.3 is 5.73 Å². The first kappa shape index (κ1) is 6.57. The molecule has 0 spiro atoms. The highest BCUT2D eigenvalue weighted by Gasteiger charge is 1.76. The van der Waals surface area contributed by atoms with Crippen LogP contribution in [-0.2, 0) is 0 Å². The van der Waals surface area contributed by atoms with Gasteiger partial charge in [0.25, 0.3) is 0 Å². The summed E-state index contributed by atoms with van der Waals surface area (Å²) in [6.45, 7) is 5.16. The van der Waals surface area contributed by atoms with Gasteiger partial charge >= 0.3 is 0 Å². The van der Waals surface area contributed by atoms with Crippen molar-refractivity contribution in [3.05, 3.63) is 23.4 Å². The first-order valence-electron chi connectivity index (χ1n) is 1.91. The largest absolute Gasteiger partial charge is 0.402 e. The van der Waals surface area contributed by atoms with Crippen LogP contribution in [0.4, 0.5) is 0 Å². The molecule has 0 unspecified atom stereocenters. The minimum Gasteiger partial charge on any atom is -0.402 e. The molecule has 0 aromatic heterocycles. The van der Waals surface area contributed by atoms with Crippen molar-refractivity contribution in [2.45, 2.75) is 6.92 Å². The van der Waals surface area contributed by atoms with E-state index in [4.69, 9.17) is 17.3 Å². The van der Waals surface area contributed by atoms with Crippen molar-refractivity contribution in [2.24, 2.45) is 5.73 Å². The lowest BCUT2D eigenvalue weighted by Crippen LogP contribution is -1.88. The van der Waals surface area contributed by atoms with Gasteiger partial charge in [0.1, 0.15) is 0 Å². The van der Waals surface area contributed by atoms with Crippen molar-refractivity contribution in [1.29, 1.82) is 0 Å². The fourth-order valence-corrected chi connectivity index (χ4v) is 0.419. The van der Waals surface area contributed by atoms with Gasteiger partial charge in [0.05, 0.1) is 0 Å². The Balaban J connectivity index is 3.68. The van der Waals surface area contributed by atoms with Crippen LogP contribution in [-0.4, -0.2) is 0 Å². The topological polar surface area (TPSA) is 26.0 Å². The second-order valence-electron chi connectivity index (χ2n) is 1.34. The van der Waals surface area contributed by atoms with E-state index < -0.39 is 0 Å². The lowest BCUT2D eigenvalue weighted by Gasteiger charge is -1.84. The number of allylic oxidation sites excluding steroid dienone is 3. The Morgan fingerprint density at radius 1 is 1.86 bits per heavy atom. The monoisotopic (exact) mass is 117 g/mol. The van der Waals surface area contributed by atoms with E-state index in [9.17, 15) is 0 Å². The molecular formula is C5H8ClN. The molecule has 0 bridgehead atoms. The highest BCUT2D eigenvalue weighted by atomic mass is 35.5. The van der Waals surface area contributed by atoms with Crippen LogP contribution in [0.1, 0.15) is 6.92 Å². The van der Waals surface area contributed by atoms with Gasteiger partial charge in [-0.2, -0.15) is 0 Å². The molecule has 0 aliphatic rings. The van der Waals surface area contributed by atoms with Crippen molar-refractivity contribution in [1.82, 2.24) is 0 Å². The minimum absolute atomic E-state index is 0.472. The maximum atomic E-state index is 5.32. The third kappa shape index (κ3) is 5.57. The van der Waals surface area contributed by atoms with Gasteiger partial charge in [0, 0.05) is 10.7 Å². The Kier molecular flexibility index (Phi) is 2.53. The molecule has 0 rings (SSSR count). The highest BCUT2D eigenvalue weighted by Crippen LogP contribution is 1.98. The summed E-state index contributed by atoms with van der Waals surface area (Å²) in [7, 11) is 0. The van der Waals surface area contributed by atoms with Gasteiger partial charge in [0.15, 0.2) is 0 Å². The van der Waals surface area contributed by atoms with E-state index in [-0.39, 0.29) is 0 Å². The van der Waals surface area contributed by atoms with Gasteiger partial charge in [0.2, 0.25) is 0 Å². The fraction of sp³-hybridized carbons (Fsp3) is 0.200. The second-order valence-corrected chi connectivity index (χ2v) is 1.82. The Morgan fingerprint density at radius 3 is 2.29 bits per heavy atom. The van der Waals surface area contributed by atoms with Crippen LogP contribution in [0.25, 0.3) is 0 Å². The van der Waals surface area contributed by atoms with E-state index in [0.29, 0.717) is 10.7 Å². The summed E-state index contributed by atoms with van der Waals surface area (Å²) in [6, 6.07) is 0. The molecule has 0 aliphatic heterocycles. The van der Waals surface area contributed by atoms with Crippen molar-refractivity contribution < 1.29 is 0 Å². The predicted molar refractivity (Wildman–Crippen MR) is 32.9 cm³/mol. The Morgan fingerprint density at radius 2 is 2.29 bits per heavy atom. The average Bonchev–Trinajstić information content (AvgIpc) is 1.27. The lowest BCUT2D eigenvalue weighted by molar-refractivity contribution is 1.31. The van der Waals surface area contributed by atoms with Crippen molar-refractivity contribution >= 4 is 11.6 Å². The predicted octanol–water partition coefficient (Wildman–Crippen LogP) is 1.60. The molecule has 0 saturated carbocycles. The van der Waals surface area contributed by atoms with E-state index in [0.717, 1.165) is 0 Å². The van der Waals surface area contributed by atoms with Crippen molar-refractivity contribution in [3.63, 3.8) is 0 Å². The first-order valence-corrected chi connectivity index (χ1v) is 2.29. The molecule has 0 fully saturated rings. The zero-order valence-electron chi connectivity index (χ0n) is 4.24. The van der Waals surface area contributed by atoms with Gasteiger partial charge in [-0.25, -0.2) is 0 Å². The Hall–Kier alpha value is -0.430. The number of hydrogen-bond acceptors (Lipinski definition) is 1. The highest BCUT2D eigenvalue weighted by molar-refractivity contribution is 6.30. The Labute approximate surface area is 48.5 Å². The molecule has 0 aromatic rings. The molecule has 0 amide bonds. The zero-order chi connectivity index (χ0) is 5.86. The lowest BCUT2D eigenvalue weighted by atomic mass is 10.4. The van der Waals surface area contributed by atoms with Gasteiger partial charge in [-0.05, 0) is 13.0 Å². The molecule has 0 saturated heterocycles. The summed E-state index contributed by atoms with van der Waals surface area (Å²) >= 11 is 5.32. The summed E-state index contributed by atoms with van der Waals surface area (Å²) in [6.07, 6.45) is 1.60. The van der Waals surface area contributed by atoms with Gasteiger partial charge in [-0.15, -0.1) is 0 Å². The van der Waals surface area contributed by atoms with Crippen LogP contribution in [0, 0.1) is 0 Å². The van der Waals surface area contributed by atoms with E-state index in [2.05, 4.69) is 6.58 Å². The molecular weight excluding hydrogens is 110 g/mol. The normalized spacial score (nSPS) is 11.4. The first-order chi connectivity index (χ1) is 3.13. The molecule has 0 radical (unpaired) electrons. The summed E-state index contributed by atoms with van der Waals surface area (Å²) in [4.78, 5) is 0. The molecule has 0 heterocycles. The van der Waals surface area contributed by atoms with Crippen LogP contribution in [0.3, 0.4) is 0 Å². The van der Waals surface area contributed by atoms with E-state index in [1.54, 1.807) is 13.0 Å². The number of halogens is 1. The van der Waals surface area contributed by atoms with Crippen LogP contribution >= 0.6 is 11.6 Å².